The van der Waals surface area contributed by atoms with E-state index in [1.807, 2.05) is 41.5 Å². The Hall–Kier alpha value is -4.19. The number of fused-ring (bicyclic) bond motifs is 2. The van der Waals surface area contributed by atoms with Crippen molar-refractivity contribution in [1.29, 1.82) is 0 Å². The van der Waals surface area contributed by atoms with Gasteiger partial charge in [0.05, 0.1) is 11.4 Å². The second kappa shape index (κ2) is 6.95. The second-order valence-electron chi connectivity index (χ2n) is 7.71. The normalized spacial score (nSPS) is 12.8. The number of carbonyl (C=O) groups excluding carboxylic acids is 1. The van der Waals surface area contributed by atoms with Crippen LogP contribution in [0.4, 0.5) is 0 Å². The summed E-state index contributed by atoms with van der Waals surface area (Å²) in [5.41, 5.74) is 8.32. The average molecular weight is 405 g/mol. The average Bonchev–Trinajstić information content (AvgIpc) is 3.56. The van der Waals surface area contributed by atoms with Crippen molar-refractivity contribution in [3.63, 3.8) is 0 Å². The number of aromatic nitrogens is 4. The molecular weight excluding hydrogens is 386 g/mol. The van der Waals surface area contributed by atoms with Crippen LogP contribution in [0, 0.1) is 0 Å². The van der Waals surface area contributed by atoms with Gasteiger partial charge in [-0.05, 0) is 58.7 Å². The molecule has 0 aliphatic carbocycles. The van der Waals surface area contributed by atoms with Gasteiger partial charge in [-0.1, -0.05) is 24.3 Å². The van der Waals surface area contributed by atoms with Gasteiger partial charge in [0.2, 0.25) is 0 Å². The van der Waals surface area contributed by atoms with E-state index in [1.165, 1.54) is 11.1 Å². The summed E-state index contributed by atoms with van der Waals surface area (Å²) in [7, 11) is 0. The molecule has 0 saturated heterocycles. The highest BCUT2D eigenvalue weighted by Crippen LogP contribution is 2.27. The first kappa shape index (κ1) is 17.7. The lowest BCUT2D eigenvalue weighted by Gasteiger charge is -2.11. The first-order chi connectivity index (χ1) is 15.3. The molecule has 0 fully saturated rings. The standard InChI is InChI=1S/C25H19N5O/c31-25-22-8-4-18(15-20(22)16-27-25)23-9-5-19(24-26-11-13-29(23)24)14-17-2-6-21(7-3-17)30-12-1-10-28-30/h1-13,15H,14,16H2,(H,27,31). The zero-order chi connectivity index (χ0) is 20.8. The zero-order valence-corrected chi connectivity index (χ0v) is 16.7. The Morgan fingerprint density at radius 2 is 1.87 bits per heavy atom. The maximum atomic E-state index is 11.9. The number of hydrogen-bond acceptors (Lipinski definition) is 3. The molecule has 3 aromatic heterocycles. The van der Waals surface area contributed by atoms with E-state index in [-0.39, 0.29) is 5.91 Å². The Bertz CT molecular complexity index is 1410. The van der Waals surface area contributed by atoms with E-state index in [0.29, 0.717) is 6.54 Å². The van der Waals surface area contributed by atoms with Crippen molar-refractivity contribution in [2.24, 2.45) is 0 Å². The van der Waals surface area contributed by atoms with E-state index >= 15 is 0 Å². The number of imidazole rings is 1. The smallest absolute Gasteiger partial charge is 0.251 e. The molecule has 0 saturated carbocycles. The highest BCUT2D eigenvalue weighted by atomic mass is 16.1. The SMILES string of the molecule is O=C1NCc2cc(-c3ccc(Cc4ccc(-n5cccn5)cc4)c4nccn34)ccc21. The molecule has 4 heterocycles. The predicted octanol–water partition coefficient (Wildman–Crippen LogP) is 4.02. The fourth-order valence-corrected chi connectivity index (χ4v) is 4.24. The molecule has 5 aromatic rings. The van der Waals surface area contributed by atoms with Crippen LogP contribution < -0.4 is 5.32 Å². The van der Waals surface area contributed by atoms with Gasteiger partial charge in [0, 0.05) is 43.3 Å². The largest absolute Gasteiger partial charge is 0.348 e. The first-order valence-electron chi connectivity index (χ1n) is 10.2. The molecule has 0 atom stereocenters. The van der Waals surface area contributed by atoms with E-state index < -0.39 is 0 Å². The Labute approximate surface area is 178 Å². The Morgan fingerprint density at radius 3 is 2.71 bits per heavy atom. The van der Waals surface area contributed by atoms with Crippen molar-refractivity contribution in [2.45, 2.75) is 13.0 Å². The van der Waals surface area contributed by atoms with E-state index in [1.54, 1.807) is 6.20 Å². The lowest BCUT2D eigenvalue weighted by molar-refractivity contribution is 0.0966. The van der Waals surface area contributed by atoms with Crippen molar-refractivity contribution in [1.82, 2.24) is 24.5 Å². The summed E-state index contributed by atoms with van der Waals surface area (Å²) in [6, 6.07) is 20.6. The Kier molecular flexibility index (Phi) is 3.96. The molecule has 0 unspecified atom stereocenters. The van der Waals surface area contributed by atoms with Crippen LogP contribution in [0.25, 0.3) is 22.6 Å². The van der Waals surface area contributed by atoms with Crippen LogP contribution in [0.3, 0.4) is 0 Å². The van der Waals surface area contributed by atoms with Gasteiger partial charge in [0.15, 0.2) is 0 Å². The fourth-order valence-electron chi connectivity index (χ4n) is 4.24. The fraction of sp³-hybridized carbons (Fsp3) is 0.0800. The third kappa shape index (κ3) is 3.00. The molecule has 0 spiro atoms. The van der Waals surface area contributed by atoms with Gasteiger partial charge in [-0.15, -0.1) is 0 Å². The number of nitrogens with one attached hydrogen (secondary N) is 1. The van der Waals surface area contributed by atoms with Crippen molar-refractivity contribution in [3.05, 3.63) is 108 Å². The van der Waals surface area contributed by atoms with Gasteiger partial charge in [0.25, 0.3) is 5.91 Å². The zero-order valence-electron chi connectivity index (χ0n) is 16.7. The number of carbonyl (C=O) groups is 1. The number of nitrogens with zero attached hydrogens (tertiary/aromatic N) is 4. The van der Waals surface area contributed by atoms with Crippen LogP contribution in [0.1, 0.15) is 27.0 Å². The molecular formula is C25H19N5O. The van der Waals surface area contributed by atoms with Gasteiger partial charge in [-0.2, -0.15) is 5.10 Å². The van der Waals surface area contributed by atoms with E-state index in [4.69, 9.17) is 0 Å². The maximum Gasteiger partial charge on any atom is 0.251 e. The number of amides is 1. The molecule has 1 amide bonds. The van der Waals surface area contributed by atoms with Crippen molar-refractivity contribution in [3.8, 4) is 16.9 Å². The summed E-state index contributed by atoms with van der Waals surface area (Å²) < 4.78 is 3.98. The molecule has 6 rings (SSSR count). The molecule has 1 aliphatic rings. The highest BCUT2D eigenvalue weighted by molar-refractivity contribution is 5.98. The highest BCUT2D eigenvalue weighted by Gasteiger charge is 2.19. The molecule has 31 heavy (non-hydrogen) atoms. The van der Waals surface area contributed by atoms with Crippen LogP contribution in [0.5, 0.6) is 0 Å². The van der Waals surface area contributed by atoms with Crippen molar-refractivity contribution in [2.75, 3.05) is 0 Å². The van der Waals surface area contributed by atoms with Gasteiger partial charge in [-0.3, -0.25) is 9.20 Å². The van der Waals surface area contributed by atoms with Crippen molar-refractivity contribution >= 4 is 11.6 Å². The quantitative estimate of drug-likeness (QED) is 0.491. The third-order valence-electron chi connectivity index (χ3n) is 5.81. The van der Waals surface area contributed by atoms with Crippen LogP contribution in [-0.4, -0.2) is 25.1 Å². The number of hydrogen-bond donors (Lipinski definition) is 1. The lowest BCUT2D eigenvalue weighted by Crippen LogP contribution is -2.12. The second-order valence-corrected chi connectivity index (χ2v) is 7.71. The molecule has 6 nitrogen and oxygen atoms in total. The molecule has 0 bridgehead atoms. The minimum atomic E-state index is 0.00301. The molecule has 0 radical (unpaired) electrons. The number of pyridine rings is 1. The molecule has 150 valence electrons. The topological polar surface area (TPSA) is 64.2 Å². The van der Waals surface area contributed by atoms with E-state index in [2.05, 4.69) is 62.3 Å². The molecule has 1 aliphatic heterocycles. The minimum Gasteiger partial charge on any atom is -0.348 e. The van der Waals surface area contributed by atoms with Crippen LogP contribution in [-0.2, 0) is 13.0 Å². The number of benzene rings is 2. The number of rotatable bonds is 4. The maximum absolute atomic E-state index is 11.9. The van der Waals surface area contributed by atoms with E-state index in [0.717, 1.165) is 40.1 Å². The molecule has 6 heteroatoms. The Morgan fingerprint density at radius 1 is 0.968 bits per heavy atom. The summed E-state index contributed by atoms with van der Waals surface area (Å²) in [5, 5.41) is 7.16. The van der Waals surface area contributed by atoms with Gasteiger partial charge < -0.3 is 5.32 Å². The molecule has 1 N–H and O–H groups in total. The summed E-state index contributed by atoms with van der Waals surface area (Å²) in [6.45, 7) is 0.585. The van der Waals surface area contributed by atoms with Crippen LogP contribution >= 0.6 is 0 Å². The monoisotopic (exact) mass is 405 g/mol. The lowest BCUT2D eigenvalue weighted by atomic mass is 10.0. The van der Waals surface area contributed by atoms with Crippen molar-refractivity contribution < 1.29 is 4.79 Å². The summed E-state index contributed by atoms with van der Waals surface area (Å²) in [4.78, 5) is 16.5. The minimum absolute atomic E-state index is 0.00301. The first-order valence-corrected chi connectivity index (χ1v) is 10.2. The molecule has 2 aromatic carbocycles. The summed E-state index contributed by atoms with van der Waals surface area (Å²) in [6.07, 6.45) is 8.34. The van der Waals surface area contributed by atoms with Crippen LogP contribution in [0.2, 0.25) is 0 Å². The van der Waals surface area contributed by atoms with Gasteiger partial charge in [0.1, 0.15) is 5.65 Å². The van der Waals surface area contributed by atoms with Crippen LogP contribution in [0.15, 0.2) is 85.5 Å². The summed E-state index contributed by atoms with van der Waals surface area (Å²) >= 11 is 0. The van der Waals surface area contributed by atoms with Gasteiger partial charge >= 0.3 is 0 Å². The predicted molar refractivity (Wildman–Crippen MR) is 118 cm³/mol. The summed E-state index contributed by atoms with van der Waals surface area (Å²) in [5.74, 6) is 0.00301. The van der Waals surface area contributed by atoms with Gasteiger partial charge in [-0.25, -0.2) is 9.67 Å². The third-order valence-corrected chi connectivity index (χ3v) is 5.81. The van der Waals surface area contributed by atoms with E-state index in [9.17, 15) is 4.79 Å². The Balaban J connectivity index is 1.34.